The second-order valence-corrected chi connectivity index (χ2v) is 7.63. The van der Waals surface area contributed by atoms with Crippen LogP contribution in [0.4, 0.5) is 0 Å². The van der Waals surface area contributed by atoms with Crippen LogP contribution in [0, 0.1) is 5.92 Å². The summed E-state index contributed by atoms with van der Waals surface area (Å²) in [7, 11) is -2.94. The van der Waals surface area contributed by atoms with E-state index in [0.29, 0.717) is 13.0 Å². The van der Waals surface area contributed by atoms with E-state index >= 15 is 0 Å². The van der Waals surface area contributed by atoms with Gasteiger partial charge in [0.25, 0.3) is 0 Å². The van der Waals surface area contributed by atoms with Gasteiger partial charge in [0.15, 0.2) is 9.84 Å². The molecule has 0 radical (unpaired) electrons. The smallest absolute Gasteiger partial charge is 0.152 e. The molecule has 3 atom stereocenters. The highest BCUT2D eigenvalue weighted by atomic mass is 32.2. The van der Waals surface area contributed by atoms with Crippen molar-refractivity contribution in [1.29, 1.82) is 0 Å². The van der Waals surface area contributed by atoms with Gasteiger partial charge in [-0.3, -0.25) is 0 Å². The molecule has 1 heterocycles. The Kier molecular flexibility index (Phi) is 3.77. The van der Waals surface area contributed by atoms with Gasteiger partial charge in [-0.05, 0) is 25.2 Å². The summed E-state index contributed by atoms with van der Waals surface area (Å²) in [6.07, 6.45) is 3.71. The standard InChI is InChI=1S/C11H22N2O3S/c12-7-11(4-5-17(15,16)8-11)13-10-3-1-2-9(10)6-14/h9-10,13-14H,1-8,12H2. The maximum atomic E-state index is 11.6. The van der Waals surface area contributed by atoms with E-state index in [2.05, 4.69) is 5.32 Å². The van der Waals surface area contributed by atoms with Gasteiger partial charge in [0.1, 0.15) is 0 Å². The van der Waals surface area contributed by atoms with Gasteiger partial charge < -0.3 is 16.2 Å². The SMILES string of the molecule is NCC1(NC2CCCC2CO)CCS(=O)(=O)C1. The third-order valence-corrected chi connectivity index (χ3v) is 5.98. The van der Waals surface area contributed by atoms with E-state index in [1.807, 2.05) is 0 Å². The molecule has 2 aliphatic rings. The van der Waals surface area contributed by atoms with E-state index in [0.717, 1.165) is 19.3 Å². The maximum absolute atomic E-state index is 11.6. The first-order chi connectivity index (χ1) is 8.00. The Morgan fingerprint density at radius 3 is 2.71 bits per heavy atom. The van der Waals surface area contributed by atoms with Gasteiger partial charge >= 0.3 is 0 Å². The molecule has 5 nitrogen and oxygen atoms in total. The summed E-state index contributed by atoms with van der Waals surface area (Å²) in [6, 6.07) is 0.219. The zero-order valence-electron chi connectivity index (χ0n) is 10.1. The molecule has 1 saturated heterocycles. The Morgan fingerprint density at radius 1 is 1.41 bits per heavy atom. The van der Waals surface area contributed by atoms with Crippen LogP contribution in [-0.4, -0.2) is 49.8 Å². The van der Waals surface area contributed by atoms with Crippen molar-refractivity contribution < 1.29 is 13.5 Å². The number of nitrogens with one attached hydrogen (secondary N) is 1. The average Bonchev–Trinajstić information content (AvgIpc) is 2.84. The van der Waals surface area contributed by atoms with Crippen molar-refractivity contribution in [2.75, 3.05) is 24.7 Å². The quantitative estimate of drug-likeness (QED) is 0.620. The van der Waals surface area contributed by atoms with Crippen molar-refractivity contribution in [1.82, 2.24) is 5.32 Å². The van der Waals surface area contributed by atoms with Crippen molar-refractivity contribution >= 4 is 9.84 Å². The van der Waals surface area contributed by atoms with Crippen LogP contribution in [0.15, 0.2) is 0 Å². The molecule has 0 aromatic rings. The summed E-state index contributed by atoms with van der Waals surface area (Å²) in [5.41, 5.74) is 5.31. The molecule has 0 bridgehead atoms. The first-order valence-corrected chi connectivity index (χ1v) is 8.11. The van der Waals surface area contributed by atoms with E-state index in [4.69, 9.17) is 5.73 Å². The summed E-state index contributed by atoms with van der Waals surface area (Å²) >= 11 is 0. The molecule has 1 aliphatic heterocycles. The fourth-order valence-corrected chi connectivity index (χ4v) is 5.12. The molecule has 0 amide bonds. The van der Waals surface area contributed by atoms with Crippen molar-refractivity contribution in [2.45, 2.75) is 37.3 Å². The van der Waals surface area contributed by atoms with Gasteiger partial charge in [-0.15, -0.1) is 0 Å². The topological polar surface area (TPSA) is 92.4 Å². The number of hydrogen-bond donors (Lipinski definition) is 3. The molecule has 1 aliphatic carbocycles. The molecule has 1 saturated carbocycles. The third-order valence-electron chi connectivity index (χ3n) is 4.16. The molecule has 6 heteroatoms. The number of nitrogens with two attached hydrogens (primary N) is 1. The van der Waals surface area contributed by atoms with Crippen LogP contribution < -0.4 is 11.1 Å². The molecule has 100 valence electrons. The van der Waals surface area contributed by atoms with Crippen LogP contribution in [0.25, 0.3) is 0 Å². The number of aliphatic hydroxyl groups is 1. The zero-order chi connectivity index (χ0) is 12.5. The lowest BCUT2D eigenvalue weighted by molar-refractivity contribution is 0.185. The highest BCUT2D eigenvalue weighted by Gasteiger charge is 2.43. The zero-order valence-corrected chi connectivity index (χ0v) is 10.9. The van der Waals surface area contributed by atoms with Crippen LogP contribution in [0.5, 0.6) is 0 Å². The number of sulfone groups is 1. The third kappa shape index (κ3) is 2.81. The minimum absolute atomic E-state index is 0.144. The highest BCUT2D eigenvalue weighted by molar-refractivity contribution is 7.91. The summed E-state index contributed by atoms with van der Waals surface area (Å²) in [5.74, 6) is 0.625. The first-order valence-electron chi connectivity index (χ1n) is 6.29. The molecule has 3 unspecified atom stereocenters. The van der Waals surface area contributed by atoms with Crippen molar-refractivity contribution in [3.05, 3.63) is 0 Å². The van der Waals surface area contributed by atoms with Crippen LogP contribution in [0.2, 0.25) is 0 Å². The Labute approximate surface area is 103 Å². The van der Waals surface area contributed by atoms with Gasteiger partial charge in [0, 0.05) is 24.7 Å². The van der Waals surface area contributed by atoms with E-state index < -0.39 is 15.4 Å². The molecule has 0 aromatic heterocycles. The summed E-state index contributed by atoms with van der Waals surface area (Å²) in [5, 5.41) is 12.7. The highest BCUT2D eigenvalue weighted by Crippen LogP contribution is 2.30. The predicted octanol–water partition coefficient (Wildman–Crippen LogP) is -0.747. The predicted molar refractivity (Wildman–Crippen MR) is 66.4 cm³/mol. The van der Waals surface area contributed by atoms with Crippen molar-refractivity contribution in [2.24, 2.45) is 11.7 Å². The largest absolute Gasteiger partial charge is 0.396 e. The number of hydrogen-bond acceptors (Lipinski definition) is 5. The lowest BCUT2D eigenvalue weighted by atomic mass is 9.95. The van der Waals surface area contributed by atoms with Crippen LogP contribution in [0.3, 0.4) is 0 Å². The first kappa shape index (κ1) is 13.3. The summed E-state index contributed by atoms with van der Waals surface area (Å²) in [6.45, 7) is 0.520. The Morgan fingerprint density at radius 2 is 2.18 bits per heavy atom. The fourth-order valence-electron chi connectivity index (χ4n) is 3.09. The second-order valence-electron chi connectivity index (χ2n) is 5.45. The Bertz CT molecular complexity index is 371. The van der Waals surface area contributed by atoms with Gasteiger partial charge in [-0.25, -0.2) is 8.42 Å². The minimum Gasteiger partial charge on any atom is -0.396 e. The molecule has 2 fully saturated rings. The van der Waals surface area contributed by atoms with E-state index in [9.17, 15) is 13.5 Å². The van der Waals surface area contributed by atoms with Crippen molar-refractivity contribution in [3.63, 3.8) is 0 Å². The lowest BCUT2D eigenvalue weighted by Crippen LogP contribution is -2.57. The van der Waals surface area contributed by atoms with E-state index in [1.165, 1.54) is 0 Å². The lowest BCUT2D eigenvalue weighted by Gasteiger charge is -2.33. The number of aliphatic hydroxyl groups excluding tert-OH is 1. The molecule has 0 spiro atoms. The van der Waals surface area contributed by atoms with Crippen LogP contribution in [-0.2, 0) is 9.84 Å². The minimum atomic E-state index is -2.94. The fraction of sp³-hybridized carbons (Fsp3) is 1.00. The monoisotopic (exact) mass is 262 g/mol. The molecule has 2 rings (SSSR count). The molecule has 17 heavy (non-hydrogen) atoms. The Balaban J connectivity index is 2.05. The number of rotatable bonds is 4. The Hall–Kier alpha value is -0.170. The van der Waals surface area contributed by atoms with Crippen molar-refractivity contribution in [3.8, 4) is 0 Å². The van der Waals surface area contributed by atoms with Gasteiger partial charge in [0.05, 0.1) is 11.5 Å². The van der Waals surface area contributed by atoms with E-state index in [1.54, 1.807) is 0 Å². The summed E-state index contributed by atoms with van der Waals surface area (Å²) in [4.78, 5) is 0. The average molecular weight is 262 g/mol. The molecule has 4 N–H and O–H groups in total. The summed E-state index contributed by atoms with van der Waals surface area (Å²) < 4.78 is 23.2. The molecular formula is C11H22N2O3S. The van der Waals surface area contributed by atoms with Gasteiger partial charge in [0.2, 0.25) is 0 Å². The molecular weight excluding hydrogens is 240 g/mol. The maximum Gasteiger partial charge on any atom is 0.152 e. The van der Waals surface area contributed by atoms with Gasteiger partial charge in [-0.1, -0.05) is 6.42 Å². The van der Waals surface area contributed by atoms with Crippen LogP contribution in [0.1, 0.15) is 25.7 Å². The second kappa shape index (κ2) is 4.84. The normalized spacial score (nSPS) is 40.8. The molecule has 0 aromatic carbocycles. The van der Waals surface area contributed by atoms with Gasteiger partial charge in [-0.2, -0.15) is 0 Å². The van der Waals surface area contributed by atoms with Crippen LogP contribution >= 0.6 is 0 Å². The van der Waals surface area contributed by atoms with E-state index in [-0.39, 0.29) is 30.1 Å².